The second kappa shape index (κ2) is 8.06. The van der Waals surface area contributed by atoms with E-state index >= 15 is 0 Å². The van der Waals surface area contributed by atoms with Crippen LogP contribution in [0.25, 0.3) is 91.6 Å². The summed E-state index contributed by atoms with van der Waals surface area (Å²) in [6.07, 6.45) is 0. The van der Waals surface area contributed by atoms with Crippen molar-refractivity contribution in [3.63, 3.8) is 0 Å². The second-order valence-electron chi connectivity index (χ2n) is 13.2. The Morgan fingerprint density at radius 3 is 2.27 bits per heavy atom. The zero-order chi connectivity index (χ0) is 29.6. The van der Waals surface area contributed by atoms with Crippen molar-refractivity contribution in [1.82, 2.24) is 9.38 Å². The summed E-state index contributed by atoms with van der Waals surface area (Å²) >= 11 is 1.88. The number of nitrogens with zero attached hydrogens (tertiary/aromatic N) is 2. The number of benzene rings is 6. The van der Waals surface area contributed by atoms with E-state index < -0.39 is 0 Å². The Balaban J connectivity index is 1.28. The van der Waals surface area contributed by atoms with E-state index in [1.54, 1.807) is 0 Å². The van der Waals surface area contributed by atoms with E-state index in [1.165, 1.54) is 91.5 Å². The molecular weight excluding hydrogens is 565 g/mol. The molecule has 0 radical (unpaired) electrons. The molecule has 1 aliphatic rings. The van der Waals surface area contributed by atoms with Gasteiger partial charge in [0.25, 0.3) is 0 Å². The molecule has 4 aromatic heterocycles. The van der Waals surface area contributed by atoms with Gasteiger partial charge in [-0.1, -0.05) is 86.6 Å². The summed E-state index contributed by atoms with van der Waals surface area (Å²) in [6, 6.07) is 45.3. The monoisotopic (exact) mass is 590 g/mol. The van der Waals surface area contributed by atoms with Crippen LogP contribution in [0.1, 0.15) is 25.0 Å². The number of aromatic nitrogens is 2. The minimum atomic E-state index is -0.00371. The lowest BCUT2D eigenvalue weighted by atomic mass is 9.82. The third-order valence-corrected chi connectivity index (χ3v) is 11.6. The predicted molar refractivity (Wildman–Crippen MR) is 192 cm³/mol. The molecule has 0 saturated heterocycles. The number of para-hydroxylation sites is 1. The van der Waals surface area contributed by atoms with Gasteiger partial charge in [-0.2, -0.15) is 0 Å². The van der Waals surface area contributed by atoms with Gasteiger partial charge >= 0.3 is 0 Å². The maximum absolute atomic E-state index is 5.30. The molecule has 0 fully saturated rings. The molecular formula is C42H26N2S. The van der Waals surface area contributed by atoms with Crippen molar-refractivity contribution in [2.75, 3.05) is 0 Å². The fraction of sp³-hybridized carbons (Fsp3) is 0.0714. The van der Waals surface area contributed by atoms with Crippen molar-refractivity contribution >= 4 is 80.6 Å². The Kier molecular flexibility index (Phi) is 4.32. The minimum Gasteiger partial charge on any atom is -0.293 e. The largest absolute Gasteiger partial charge is 0.293 e. The summed E-state index contributed by atoms with van der Waals surface area (Å²) in [6.45, 7) is 4.70. The summed E-state index contributed by atoms with van der Waals surface area (Å²) in [4.78, 5) is 5.30. The highest BCUT2D eigenvalue weighted by Crippen LogP contribution is 2.50. The summed E-state index contributed by atoms with van der Waals surface area (Å²) in [5.74, 6) is 0. The lowest BCUT2D eigenvalue weighted by Gasteiger charge is -2.21. The second-order valence-corrected chi connectivity index (χ2v) is 14.3. The van der Waals surface area contributed by atoms with E-state index in [1.807, 2.05) is 11.3 Å². The van der Waals surface area contributed by atoms with Crippen LogP contribution in [-0.2, 0) is 5.41 Å². The Labute approximate surface area is 263 Å². The van der Waals surface area contributed by atoms with Crippen LogP contribution in [0, 0.1) is 0 Å². The Morgan fingerprint density at radius 2 is 1.33 bits per heavy atom. The molecule has 1 aliphatic carbocycles. The average molecular weight is 591 g/mol. The van der Waals surface area contributed by atoms with Gasteiger partial charge in [0.15, 0.2) is 0 Å². The van der Waals surface area contributed by atoms with E-state index in [4.69, 9.17) is 4.98 Å². The Hall–Kier alpha value is -5.25. The van der Waals surface area contributed by atoms with E-state index in [2.05, 4.69) is 140 Å². The Morgan fingerprint density at radius 1 is 0.556 bits per heavy atom. The van der Waals surface area contributed by atoms with Gasteiger partial charge < -0.3 is 0 Å². The first-order valence-corrected chi connectivity index (χ1v) is 16.4. The fourth-order valence-electron chi connectivity index (χ4n) is 8.33. The average Bonchev–Trinajstić information content (AvgIpc) is 3.76. The van der Waals surface area contributed by atoms with Crippen molar-refractivity contribution in [1.29, 1.82) is 0 Å². The highest BCUT2D eigenvalue weighted by Gasteiger charge is 2.35. The summed E-state index contributed by atoms with van der Waals surface area (Å²) in [5, 5.41) is 8.89. The van der Waals surface area contributed by atoms with Gasteiger partial charge in [0.2, 0.25) is 0 Å². The predicted octanol–water partition coefficient (Wildman–Crippen LogP) is 11.7. The van der Waals surface area contributed by atoms with Crippen LogP contribution in [0.15, 0.2) is 121 Å². The molecule has 0 amide bonds. The van der Waals surface area contributed by atoms with E-state index in [0.717, 1.165) is 11.2 Å². The van der Waals surface area contributed by atoms with Gasteiger partial charge in [-0.3, -0.25) is 4.40 Å². The molecule has 210 valence electrons. The standard InChI is InChI=1S/C42H26N2S/c1-42(2)34-12-6-4-10-26(34)28-17-23(15-16-35(28)42)25-19-31-29-21-30-27-11-5-8-14-38(27)45-39(30)22-37(29)44-40(31)32(20-25)33-18-24-9-3-7-13-36(24)43-41(33)44/h3-22H,1-2H3. The molecule has 4 heterocycles. The molecule has 0 saturated carbocycles. The first kappa shape index (κ1) is 24.1. The third-order valence-electron chi connectivity index (χ3n) is 10.5. The summed E-state index contributed by atoms with van der Waals surface area (Å²) in [7, 11) is 0. The zero-order valence-electron chi connectivity index (χ0n) is 24.8. The SMILES string of the molecule is CC1(C)c2ccccc2-c2cc(-c3cc4c5cc6c(cc5n5c7nc8ccccc8cc7c(c3)c45)sc3ccccc36)ccc21. The highest BCUT2D eigenvalue weighted by molar-refractivity contribution is 7.25. The van der Waals surface area contributed by atoms with Crippen LogP contribution < -0.4 is 0 Å². The molecule has 0 N–H and O–H groups in total. The van der Waals surface area contributed by atoms with Gasteiger partial charge in [-0.25, -0.2) is 4.98 Å². The maximum atomic E-state index is 5.30. The van der Waals surface area contributed by atoms with Crippen LogP contribution in [0.4, 0.5) is 0 Å². The van der Waals surface area contributed by atoms with Crippen LogP contribution in [0.5, 0.6) is 0 Å². The van der Waals surface area contributed by atoms with Crippen LogP contribution in [-0.4, -0.2) is 9.38 Å². The smallest absolute Gasteiger partial charge is 0.146 e. The molecule has 0 aliphatic heterocycles. The third kappa shape index (κ3) is 2.97. The quantitative estimate of drug-likeness (QED) is 0.186. The van der Waals surface area contributed by atoms with E-state index in [0.29, 0.717) is 0 Å². The number of thiophene rings is 1. The molecule has 45 heavy (non-hydrogen) atoms. The maximum Gasteiger partial charge on any atom is 0.146 e. The lowest BCUT2D eigenvalue weighted by molar-refractivity contribution is 0.660. The number of fused-ring (bicyclic) bond motifs is 13. The summed E-state index contributed by atoms with van der Waals surface area (Å²) < 4.78 is 5.08. The first-order valence-electron chi connectivity index (χ1n) is 15.6. The molecule has 6 aromatic carbocycles. The van der Waals surface area contributed by atoms with Gasteiger partial charge in [0.05, 0.1) is 16.6 Å². The molecule has 0 bridgehead atoms. The van der Waals surface area contributed by atoms with Gasteiger partial charge in [0, 0.05) is 52.5 Å². The molecule has 11 rings (SSSR count). The van der Waals surface area contributed by atoms with Crippen LogP contribution in [0.3, 0.4) is 0 Å². The van der Waals surface area contributed by atoms with E-state index in [9.17, 15) is 0 Å². The molecule has 0 unspecified atom stereocenters. The van der Waals surface area contributed by atoms with Gasteiger partial charge in [-0.05, 0) is 81.9 Å². The van der Waals surface area contributed by atoms with Crippen molar-refractivity contribution in [2.24, 2.45) is 0 Å². The minimum absolute atomic E-state index is 0.00371. The van der Waals surface area contributed by atoms with Crippen molar-refractivity contribution in [3.05, 3.63) is 132 Å². The molecule has 0 atom stereocenters. The van der Waals surface area contributed by atoms with Crippen LogP contribution in [0.2, 0.25) is 0 Å². The van der Waals surface area contributed by atoms with Gasteiger partial charge in [0.1, 0.15) is 5.65 Å². The number of hydrogen-bond acceptors (Lipinski definition) is 2. The molecule has 2 nitrogen and oxygen atoms in total. The van der Waals surface area contributed by atoms with Crippen molar-refractivity contribution in [3.8, 4) is 22.3 Å². The summed E-state index contributed by atoms with van der Waals surface area (Å²) in [5.41, 5.74) is 12.6. The van der Waals surface area contributed by atoms with E-state index in [-0.39, 0.29) is 5.41 Å². The highest BCUT2D eigenvalue weighted by atomic mass is 32.1. The van der Waals surface area contributed by atoms with Crippen LogP contribution >= 0.6 is 11.3 Å². The number of rotatable bonds is 1. The molecule has 0 spiro atoms. The van der Waals surface area contributed by atoms with Crippen molar-refractivity contribution in [2.45, 2.75) is 19.3 Å². The fourth-order valence-corrected chi connectivity index (χ4v) is 9.45. The lowest BCUT2D eigenvalue weighted by Crippen LogP contribution is -2.14. The normalized spacial score (nSPS) is 14.2. The molecule has 10 aromatic rings. The first-order chi connectivity index (χ1) is 22.0. The topological polar surface area (TPSA) is 17.3 Å². The Bertz CT molecular complexity index is 2900. The zero-order valence-corrected chi connectivity index (χ0v) is 25.7. The molecule has 3 heteroatoms. The van der Waals surface area contributed by atoms with Gasteiger partial charge in [-0.15, -0.1) is 11.3 Å². The number of hydrogen-bond donors (Lipinski definition) is 0. The van der Waals surface area contributed by atoms with Crippen molar-refractivity contribution < 1.29 is 0 Å². The number of pyridine rings is 1.